The lowest BCUT2D eigenvalue weighted by Crippen LogP contribution is -2.16. The number of carbonyl (C=O) groups excluding carboxylic acids is 1. The number of carbonyl (C=O) groups is 1. The molecule has 144 valence electrons. The summed E-state index contributed by atoms with van der Waals surface area (Å²) in [4.78, 5) is 20.4. The smallest absolute Gasteiger partial charge is 0.225 e. The van der Waals surface area contributed by atoms with Crippen LogP contribution in [0.4, 0.5) is 23.1 Å². The Morgan fingerprint density at radius 2 is 1.68 bits per heavy atom. The third kappa shape index (κ3) is 5.30. The first-order valence-corrected chi connectivity index (χ1v) is 9.39. The zero-order valence-corrected chi connectivity index (χ0v) is 16.4. The second-order valence-electron chi connectivity index (χ2n) is 6.67. The number of nitrogens with one attached hydrogen (secondary N) is 3. The van der Waals surface area contributed by atoms with Gasteiger partial charge < -0.3 is 16.0 Å². The van der Waals surface area contributed by atoms with Gasteiger partial charge in [-0.25, -0.2) is 4.98 Å². The van der Waals surface area contributed by atoms with Crippen LogP contribution in [-0.4, -0.2) is 21.9 Å². The predicted octanol–water partition coefficient (Wildman–Crippen LogP) is 5.06. The maximum Gasteiger partial charge on any atom is 0.225 e. The van der Waals surface area contributed by atoms with E-state index in [1.165, 1.54) is 6.92 Å². The van der Waals surface area contributed by atoms with E-state index >= 15 is 0 Å². The minimum absolute atomic E-state index is 0.0928. The molecule has 1 amide bonds. The quantitative estimate of drug-likeness (QED) is 0.538. The zero-order chi connectivity index (χ0) is 19.9. The maximum atomic E-state index is 11.2. The number of anilines is 4. The van der Waals surface area contributed by atoms with Crippen molar-refractivity contribution < 1.29 is 4.79 Å². The molecule has 0 bridgehead atoms. The first-order valence-electron chi connectivity index (χ1n) is 9.39. The highest BCUT2D eigenvalue weighted by atomic mass is 16.1. The molecule has 0 aliphatic heterocycles. The Labute approximate surface area is 165 Å². The second-order valence-corrected chi connectivity index (χ2v) is 6.67. The van der Waals surface area contributed by atoms with E-state index in [1.54, 1.807) is 0 Å². The molecule has 3 N–H and O–H groups in total. The second kappa shape index (κ2) is 8.99. The maximum absolute atomic E-state index is 11.2. The molecule has 0 spiro atoms. The van der Waals surface area contributed by atoms with Gasteiger partial charge in [-0.15, -0.1) is 0 Å². The molecule has 3 rings (SSSR count). The Morgan fingerprint density at radius 1 is 1.00 bits per heavy atom. The summed E-state index contributed by atoms with van der Waals surface area (Å²) in [5.41, 5.74) is 3.51. The highest BCUT2D eigenvalue weighted by Crippen LogP contribution is 2.24. The number of aromatic nitrogens is 2. The van der Waals surface area contributed by atoms with Gasteiger partial charge in [-0.05, 0) is 37.6 Å². The molecule has 28 heavy (non-hydrogen) atoms. The first-order chi connectivity index (χ1) is 13.5. The molecule has 2 aromatic carbocycles. The van der Waals surface area contributed by atoms with Crippen molar-refractivity contribution in [2.45, 2.75) is 33.2 Å². The topological polar surface area (TPSA) is 78.9 Å². The first kappa shape index (κ1) is 19.4. The van der Waals surface area contributed by atoms with Gasteiger partial charge in [0, 0.05) is 36.0 Å². The summed E-state index contributed by atoms with van der Waals surface area (Å²) in [6.07, 6.45) is 0.978. The normalized spacial score (nSPS) is 11.5. The highest BCUT2D eigenvalue weighted by Gasteiger charge is 2.09. The molecule has 1 aromatic heterocycles. The molecule has 0 radical (unpaired) electrons. The molecule has 1 unspecified atom stereocenters. The van der Waals surface area contributed by atoms with Crippen LogP contribution in [0, 0.1) is 0 Å². The summed E-state index contributed by atoms with van der Waals surface area (Å²) in [5, 5.41) is 9.43. The number of hydrogen-bond acceptors (Lipinski definition) is 5. The number of hydrogen-bond donors (Lipinski definition) is 3. The van der Waals surface area contributed by atoms with Gasteiger partial charge in [0.1, 0.15) is 5.82 Å². The van der Waals surface area contributed by atoms with Crippen LogP contribution >= 0.6 is 0 Å². The van der Waals surface area contributed by atoms with E-state index < -0.39 is 0 Å². The van der Waals surface area contributed by atoms with Gasteiger partial charge in [-0.1, -0.05) is 37.3 Å². The molecule has 1 atom stereocenters. The van der Waals surface area contributed by atoms with Crippen LogP contribution in [0.5, 0.6) is 0 Å². The van der Waals surface area contributed by atoms with Crippen molar-refractivity contribution in [2.75, 3.05) is 16.0 Å². The fourth-order valence-corrected chi connectivity index (χ4v) is 2.64. The largest absolute Gasteiger partial charge is 0.352 e. The van der Waals surface area contributed by atoms with Gasteiger partial charge in [-0.2, -0.15) is 4.98 Å². The summed E-state index contributed by atoms with van der Waals surface area (Å²) in [7, 11) is 0. The van der Waals surface area contributed by atoms with Gasteiger partial charge in [0.25, 0.3) is 0 Å². The SMILES string of the molecule is CCC(C)Nc1nc(Nc2ccc(NC(C)=O)cc2)cc(-c2ccccc2)n1. The van der Waals surface area contributed by atoms with Crippen molar-refractivity contribution in [1.82, 2.24) is 9.97 Å². The van der Waals surface area contributed by atoms with Crippen molar-refractivity contribution in [3.63, 3.8) is 0 Å². The highest BCUT2D eigenvalue weighted by molar-refractivity contribution is 5.88. The average Bonchev–Trinajstić information content (AvgIpc) is 2.69. The molecule has 0 saturated carbocycles. The Hall–Kier alpha value is -3.41. The molecule has 6 heteroatoms. The molecule has 0 fully saturated rings. The third-order valence-corrected chi connectivity index (χ3v) is 4.26. The van der Waals surface area contributed by atoms with Crippen LogP contribution in [0.3, 0.4) is 0 Å². The summed E-state index contributed by atoms with van der Waals surface area (Å²) < 4.78 is 0. The molecule has 1 heterocycles. The fraction of sp³-hybridized carbons (Fsp3) is 0.227. The van der Waals surface area contributed by atoms with Crippen LogP contribution < -0.4 is 16.0 Å². The Morgan fingerprint density at radius 3 is 2.32 bits per heavy atom. The van der Waals surface area contributed by atoms with Crippen molar-refractivity contribution in [2.24, 2.45) is 0 Å². The molecule has 0 aliphatic carbocycles. The number of rotatable bonds is 7. The summed E-state index contributed by atoms with van der Waals surface area (Å²) in [6.45, 7) is 5.71. The van der Waals surface area contributed by atoms with E-state index in [9.17, 15) is 4.79 Å². The van der Waals surface area contributed by atoms with Crippen LogP contribution in [0.15, 0.2) is 60.7 Å². The molecule has 0 aliphatic rings. The standard InChI is InChI=1S/C22H25N5O/c1-4-15(2)23-22-26-20(17-8-6-5-7-9-17)14-21(27-22)25-19-12-10-18(11-13-19)24-16(3)28/h5-15H,4H2,1-3H3,(H,24,28)(H2,23,25,26,27). The fourth-order valence-electron chi connectivity index (χ4n) is 2.64. The van der Waals surface area contributed by atoms with Crippen LogP contribution in [0.2, 0.25) is 0 Å². The van der Waals surface area contributed by atoms with Crippen molar-refractivity contribution in [3.8, 4) is 11.3 Å². The average molecular weight is 375 g/mol. The van der Waals surface area contributed by atoms with E-state index in [4.69, 9.17) is 0 Å². The molecular weight excluding hydrogens is 350 g/mol. The van der Waals surface area contributed by atoms with E-state index in [1.807, 2.05) is 60.7 Å². The summed E-state index contributed by atoms with van der Waals surface area (Å²) >= 11 is 0. The number of amides is 1. The summed E-state index contributed by atoms with van der Waals surface area (Å²) in [6, 6.07) is 19.7. The number of nitrogens with zero attached hydrogens (tertiary/aromatic N) is 2. The Kier molecular flexibility index (Phi) is 6.22. The Balaban J connectivity index is 1.88. The van der Waals surface area contributed by atoms with Gasteiger partial charge in [0.15, 0.2) is 0 Å². The van der Waals surface area contributed by atoms with Crippen molar-refractivity contribution >= 4 is 29.0 Å². The lowest BCUT2D eigenvalue weighted by atomic mass is 10.1. The molecule has 0 saturated heterocycles. The van der Waals surface area contributed by atoms with E-state index in [-0.39, 0.29) is 11.9 Å². The van der Waals surface area contributed by atoms with E-state index in [2.05, 4.69) is 39.8 Å². The third-order valence-electron chi connectivity index (χ3n) is 4.26. The van der Waals surface area contributed by atoms with Gasteiger partial charge in [-0.3, -0.25) is 4.79 Å². The monoisotopic (exact) mass is 375 g/mol. The minimum Gasteiger partial charge on any atom is -0.352 e. The molecule has 3 aromatic rings. The Bertz CT molecular complexity index is 925. The van der Waals surface area contributed by atoms with Crippen LogP contribution in [0.1, 0.15) is 27.2 Å². The minimum atomic E-state index is -0.0928. The van der Waals surface area contributed by atoms with Crippen molar-refractivity contribution in [3.05, 3.63) is 60.7 Å². The summed E-state index contributed by atoms with van der Waals surface area (Å²) in [5.74, 6) is 1.20. The van der Waals surface area contributed by atoms with Crippen LogP contribution in [0.25, 0.3) is 11.3 Å². The van der Waals surface area contributed by atoms with Crippen LogP contribution in [-0.2, 0) is 4.79 Å². The lowest BCUT2D eigenvalue weighted by Gasteiger charge is -2.15. The lowest BCUT2D eigenvalue weighted by molar-refractivity contribution is -0.114. The van der Waals surface area contributed by atoms with E-state index in [0.29, 0.717) is 11.8 Å². The molecule has 6 nitrogen and oxygen atoms in total. The predicted molar refractivity (Wildman–Crippen MR) is 115 cm³/mol. The van der Waals surface area contributed by atoms with Gasteiger partial charge in [0.05, 0.1) is 5.69 Å². The van der Waals surface area contributed by atoms with Gasteiger partial charge in [0.2, 0.25) is 11.9 Å². The van der Waals surface area contributed by atoms with E-state index in [0.717, 1.165) is 29.1 Å². The number of benzene rings is 2. The molecular formula is C22H25N5O. The van der Waals surface area contributed by atoms with Crippen molar-refractivity contribution in [1.29, 1.82) is 0 Å². The zero-order valence-electron chi connectivity index (χ0n) is 16.4. The van der Waals surface area contributed by atoms with Gasteiger partial charge >= 0.3 is 0 Å².